The summed E-state index contributed by atoms with van der Waals surface area (Å²) in [5.41, 5.74) is 0.418. The first-order valence-corrected chi connectivity index (χ1v) is 6.54. The quantitative estimate of drug-likeness (QED) is 0.823. The Labute approximate surface area is 115 Å². The first-order chi connectivity index (χ1) is 8.87. The van der Waals surface area contributed by atoms with Crippen molar-refractivity contribution in [2.75, 3.05) is 27.3 Å². The summed E-state index contributed by atoms with van der Waals surface area (Å²) in [5, 5.41) is 9.91. The Bertz CT molecular complexity index is 377. The van der Waals surface area contributed by atoms with Crippen LogP contribution in [0.25, 0.3) is 0 Å². The van der Waals surface area contributed by atoms with Crippen molar-refractivity contribution in [3.8, 4) is 11.5 Å². The van der Waals surface area contributed by atoms with E-state index < -0.39 is 5.60 Å². The fourth-order valence-corrected chi connectivity index (χ4v) is 2.04. The number of nitrogens with zero attached hydrogens (tertiary/aromatic N) is 1. The molecule has 1 aromatic carbocycles. The van der Waals surface area contributed by atoms with E-state index in [4.69, 9.17) is 9.47 Å². The van der Waals surface area contributed by atoms with Crippen LogP contribution in [0.3, 0.4) is 0 Å². The van der Waals surface area contributed by atoms with Crippen molar-refractivity contribution in [2.24, 2.45) is 0 Å². The summed E-state index contributed by atoms with van der Waals surface area (Å²) >= 11 is 0. The highest BCUT2D eigenvalue weighted by atomic mass is 16.5. The van der Waals surface area contributed by atoms with Gasteiger partial charge >= 0.3 is 0 Å². The predicted octanol–water partition coefficient (Wildman–Crippen LogP) is 2.30. The van der Waals surface area contributed by atoms with Gasteiger partial charge in [-0.15, -0.1) is 0 Å². The highest BCUT2D eigenvalue weighted by Crippen LogP contribution is 2.23. The lowest BCUT2D eigenvalue weighted by Gasteiger charge is -2.28. The standard InChI is InChI=1S/C15H25NO3/c1-6-16(11-15(2,3)17)10-12-7-13(18-4)9-14(8-12)19-5/h7-9,17H,6,10-11H2,1-5H3. The topological polar surface area (TPSA) is 41.9 Å². The molecule has 0 aliphatic carbocycles. The van der Waals surface area contributed by atoms with Gasteiger partial charge in [0.2, 0.25) is 0 Å². The van der Waals surface area contributed by atoms with Gasteiger partial charge in [-0.2, -0.15) is 0 Å². The molecule has 0 amide bonds. The lowest BCUT2D eigenvalue weighted by atomic mass is 10.1. The summed E-state index contributed by atoms with van der Waals surface area (Å²) in [5.74, 6) is 1.57. The second-order valence-electron chi connectivity index (χ2n) is 5.34. The average molecular weight is 267 g/mol. The summed E-state index contributed by atoms with van der Waals surface area (Å²) in [6.45, 7) is 7.99. The van der Waals surface area contributed by atoms with Gasteiger partial charge in [0.15, 0.2) is 0 Å². The van der Waals surface area contributed by atoms with E-state index in [1.54, 1.807) is 14.2 Å². The molecule has 0 bridgehead atoms. The summed E-state index contributed by atoms with van der Waals surface area (Å²) in [6.07, 6.45) is 0. The third-order valence-electron chi connectivity index (χ3n) is 2.88. The molecule has 0 atom stereocenters. The lowest BCUT2D eigenvalue weighted by Crippen LogP contribution is -2.38. The Kier molecular flexibility index (Phi) is 5.63. The first-order valence-electron chi connectivity index (χ1n) is 6.54. The molecule has 1 N–H and O–H groups in total. The van der Waals surface area contributed by atoms with Gasteiger partial charge in [0, 0.05) is 19.2 Å². The Morgan fingerprint density at radius 2 is 1.63 bits per heavy atom. The summed E-state index contributed by atoms with van der Waals surface area (Å²) in [6, 6.07) is 5.85. The van der Waals surface area contributed by atoms with Crippen LogP contribution < -0.4 is 9.47 Å². The van der Waals surface area contributed by atoms with Gasteiger partial charge in [-0.25, -0.2) is 0 Å². The van der Waals surface area contributed by atoms with Crippen LogP contribution >= 0.6 is 0 Å². The maximum absolute atomic E-state index is 9.91. The van der Waals surface area contributed by atoms with E-state index in [0.29, 0.717) is 6.54 Å². The van der Waals surface area contributed by atoms with Crippen molar-refractivity contribution in [2.45, 2.75) is 32.9 Å². The van der Waals surface area contributed by atoms with Gasteiger partial charge in [0.25, 0.3) is 0 Å². The fourth-order valence-electron chi connectivity index (χ4n) is 2.04. The molecule has 19 heavy (non-hydrogen) atoms. The van der Waals surface area contributed by atoms with E-state index in [0.717, 1.165) is 30.2 Å². The minimum absolute atomic E-state index is 0.628. The molecule has 0 spiro atoms. The fraction of sp³-hybridized carbons (Fsp3) is 0.600. The molecular formula is C15H25NO3. The SMILES string of the molecule is CCN(Cc1cc(OC)cc(OC)c1)CC(C)(C)O. The molecule has 0 saturated heterocycles. The van der Waals surface area contributed by atoms with E-state index in [-0.39, 0.29) is 0 Å². The minimum atomic E-state index is -0.695. The molecular weight excluding hydrogens is 242 g/mol. The maximum atomic E-state index is 9.91. The predicted molar refractivity (Wildman–Crippen MR) is 76.8 cm³/mol. The number of methoxy groups -OCH3 is 2. The number of benzene rings is 1. The smallest absolute Gasteiger partial charge is 0.122 e. The Hall–Kier alpha value is -1.26. The van der Waals surface area contributed by atoms with Crippen LogP contribution in [0.1, 0.15) is 26.3 Å². The van der Waals surface area contributed by atoms with Crippen molar-refractivity contribution in [1.29, 1.82) is 0 Å². The molecule has 0 saturated carbocycles. The van der Waals surface area contributed by atoms with Crippen LogP contribution in [-0.2, 0) is 6.54 Å². The number of hydrogen-bond acceptors (Lipinski definition) is 4. The second-order valence-corrected chi connectivity index (χ2v) is 5.34. The number of ether oxygens (including phenoxy) is 2. The Morgan fingerprint density at radius 3 is 2.00 bits per heavy atom. The van der Waals surface area contributed by atoms with Crippen LogP contribution in [-0.4, -0.2) is 42.9 Å². The van der Waals surface area contributed by atoms with E-state index in [9.17, 15) is 5.11 Å². The van der Waals surface area contributed by atoms with E-state index in [2.05, 4.69) is 11.8 Å². The van der Waals surface area contributed by atoms with Crippen molar-refractivity contribution < 1.29 is 14.6 Å². The van der Waals surface area contributed by atoms with Crippen molar-refractivity contribution >= 4 is 0 Å². The summed E-state index contributed by atoms with van der Waals surface area (Å²) < 4.78 is 10.5. The zero-order valence-electron chi connectivity index (χ0n) is 12.6. The van der Waals surface area contributed by atoms with Gasteiger partial charge < -0.3 is 14.6 Å². The molecule has 0 aliphatic rings. The summed E-state index contributed by atoms with van der Waals surface area (Å²) in [7, 11) is 3.29. The number of aliphatic hydroxyl groups is 1. The maximum Gasteiger partial charge on any atom is 0.122 e. The van der Waals surface area contributed by atoms with E-state index in [1.165, 1.54) is 0 Å². The van der Waals surface area contributed by atoms with Crippen LogP contribution in [0.15, 0.2) is 18.2 Å². The average Bonchev–Trinajstić information content (AvgIpc) is 2.35. The minimum Gasteiger partial charge on any atom is -0.497 e. The van der Waals surface area contributed by atoms with Crippen molar-refractivity contribution in [3.05, 3.63) is 23.8 Å². The second kappa shape index (κ2) is 6.78. The first kappa shape index (κ1) is 15.8. The van der Waals surface area contributed by atoms with Gasteiger partial charge in [-0.1, -0.05) is 6.92 Å². The number of hydrogen-bond donors (Lipinski definition) is 1. The van der Waals surface area contributed by atoms with Gasteiger partial charge in [-0.05, 0) is 38.1 Å². The molecule has 1 aromatic rings. The molecule has 0 unspecified atom stereocenters. The van der Waals surface area contributed by atoms with Crippen LogP contribution in [0.4, 0.5) is 0 Å². The van der Waals surface area contributed by atoms with Crippen molar-refractivity contribution in [1.82, 2.24) is 4.90 Å². The molecule has 0 radical (unpaired) electrons. The Morgan fingerprint density at radius 1 is 1.11 bits per heavy atom. The van der Waals surface area contributed by atoms with Crippen LogP contribution in [0, 0.1) is 0 Å². The van der Waals surface area contributed by atoms with Crippen LogP contribution in [0.2, 0.25) is 0 Å². The highest BCUT2D eigenvalue weighted by molar-refractivity contribution is 5.38. The molecule has 4 nitrogen and oxygen atoms in total. The third-order valence-corrected chi connectivity index (χ3v) is 2.88. The molecule has 1 rings (SSSR count). The number of rotatable bonds is 7. The number of likely N-dealkylation sites (N-methyl/N-ethyl adjacent to an activating group) is 1. The zero-order valence-corrected chi connectivity index (χ0v) is 12.6. The molecule has 4 heteroatoms. The Balaban J connectivity index is 2.84. The van der Waals surface area contributed by atoms with Gasteiger partial charge in [-0.3, -0.25) is 4.90 Å². The van der Waals surface area contributed by atoms with Gasteiger partial charge in [0.05, 0.1) is 19.8 Å². The highest BCUT2D eigenvalue weighted by Gasteiger charge is 2.17. The molecule has 108 valence electrons. The van der Waals surface area contributed by atoms with E-state index in [1.807, 2.05) is 32.0 Å². The van der Waals surface area contributed by atoms with Gasteiger partial charge in [0.1, 0.15) is 11.5 Å². The van der Waals surface area contributed by atoms with Crippen molar-refractivity contribution in [3.63, 3.8) is 0 Å². The zero-order chi connectivity index (χ0) is 14.5. The van der Waals surface area contributed by atoms with E-state index >= 15 is 0 Å². The lowest BCUT2D eigenvalue weighted by molar-refractivity contribution is 0.0353. The normalized spacial score (nSPS) is 11.7. The van der Waals surface area contributed by atoms with Crippen LogP contribution in [0.5, 0.6) is 11.5 Å². The summed E-state index contributed by atoms with van der Waals surface area (Å²) in [4.78, 5) is 2.19. The molecule has 0 fully saturated rings. The molecule has 0 heterocycles. The molecule has 0 aromatic heterocycles. The largest absolute Gasteiger partial charge is 0.497 e. The third kappa shape index (κ3) is 5.49. The molecule has 0 aliphatic heterocycles. The monoisotopic (exact) mass is 267 g/mol.